The lowest BCUT2D eigenvalue weighted by Crippen LogP contribution is -2.03. The second-order valence-electron chi connectivity index (χ2n) is 4.18. The molecule has 3 rings (SSSR count). The highest BCUT2D eigenvalue weighted by atomic mass is 16.3. The molecule has 0 aromatic carbocycles. The van der Waals surface area contributed by atoms with Crippen molar-refractivity contribution in [1.82, 2.24) is 15.2 Å². The van der Waals surface area contributed by atoms with Gasteiger partial charge in [-0.15, -0.1) is 5.10 Å². The molecule has 1 fully saturated rings. The number of nitrogens with zero attached hydrogens (tertiary/aromatic N) is 2. The van der Waals surface area contributed by atoms with Gasteiger partial charge in [0.25, 0.3) is 0 Å². The van der Waals surface area contributed by atoms with Crippen molar-refractivity contribution in [3.63, 3.8) is 0 Å². The van der Waals surface area contributed by atoms with Gasteiger partial charge in [0.1, 0.15) is 6.26 Å². The quantitative estimate of drug-likeness (QED) is 0.807. The third-order valence-electron chi connectivity index (χ3n) is 2.81. The van der Waals surface area contributed by atoms with Crippen molar-refractivity contribution in [3.05, 3.63) is 18.6 Å². The zero-order valence-electron chi connectivity index (χ0n) is 8.94. The summed E-state index contributed by atoms with van der Waals surface area (Å²) >= 11 is 0. The second kappa shape index (κ2) is 4.00. The van der Waals surface area contributed by atoms with Gasteiger partial charge in [-0.3, -0.25) is 5.10 Å². The van der Waals surface area contributed by atoms with E-state index >= 15 is 0 Å². The smallest absolute Gasteiger partial charge is 0.242 e. The van der Waals surface area contributed by atoms with Gasteiger partial charge in [0.15, 0.2) is 5.82 Å². The Balaban J connectivity index is 1.59. The van der Waals surface area contributed by atoms with Crippen LogP contribution in [0.25, 0.3) is 11.4 Å². The molecule has 1 aliphatic carbocycles. The van der Waals surface area contributed by atoms with Gasteiger partial charge in [0.05, 0.1) is 11.8 Å². The highest BCUT2D eigenvalue weighted by Crippen LogP contribution is 2.31. The minimum Gasteiger partial charge on any atom is -0.472 e. The molecule has 16 heavy (non-hydrogen) atoms. The van der Waals surface area contributed by atoms with E-state index in [1.807, 2.05) is 6.07 Å². The fourth-order valence-corrected chi connectivity index (χ4v) is 1.66. The summed E-state index contributed by atoms with van der Waals surface area (Å²) in [5, 5.41) is 10.2. The molecule has 2 aromatic rings. The molecule has 2 N–H and O–H groups in total. The lowest BCUT2D eigenvalue weighted by atomic mass is 10.3. The Labute approximate surface area is 93.3 Å². The number of hydrogen-bond acceptors (Lipinski definition) is 4. The molecule has 0 atom stereocenters. The monoisotopic (exact) mass is 218 g/mol. The summed E-state index contributed by atoms with van der Waals surface area (Å²) in [6.07, 6.45) is 7.26. The summed E-state index contributed by atoms with van der Waals surface area (Å²) in [5.74, 6) is 2.33. The molecule has 2 aromatic heterocycles. The van der Waals surface area contributed by atoms with Crippen LogP contribution in [-0.2, 0) is 0 Å². The molecule has 1 saturated carbocycles. The maximum absolute atomic E-state index is 4.99. The normalized spacial score (nSPS) is 15.2. The third kappa shape index (κ3) is 2.08. The number of H-pyrrole nitrogens is 1. The first-order chi connectivity index (χ1) is 7.92. The molecule has 84 valence electrons. The average molecular weight is 218 g/mol. The summed E-state index contributed by atoms with van der Waals surface area (Å²) in [4.78, 5) is 4.33. The Kier molecular flexibility index (Phi) is 2.36. The van der Waals surface area contributed by atoms with Crippen molar-refractivity contribution in [2.75, 3.05) is 11.9 Å². The number of aromatic amines is 1. The van der Waals surface area contributed by atoms with Gasteiger partial charge < -0.3 is 9.73 Å². The van der Waals surface area contributed by atoms with Crippen LogP contribution in [0.2, 0.25) is 0 Å². The Morgan fingerprint density at radius 3 is 3.19 bits per heavy atom. The topological polar surface area (TPSA) is 66.7 Å². The zero-order valence-corrected chi connectivity index (χ0v) is 8.94. The lowest BCUT2D eigenvalue weighted by Gasteiger charge is -1.98. The van der Waals surface area contributed by atoms with Crippen LogP contribution in [0, 0.1) is 5.92 Å². The van der Waals surface area contributed by atoms with Crippen LogP contribution in [0.3, 0.4) is 0 Å². The summed E-state index contributed by atoms with van der Waals surface area (Å²) in [7, 11) is 0. The molecule has 2 heterocycles. The molecule has 0 bridgehead atoms. The van der Waals surface area contributed by atoms with E-state index in [2.05, 4.69) is 20.5 Å². The van der Waals surface area contributed by atoms with Gasteiger partial charge in [-0.25, -0.2) is 0 Å². The lowest BCUT2D eigenvalue weighted by molar-refractivity contribution is 0.568. The number of rotatable bonds is 5. The Morgan fingerprint density at radius 2 is 2.44 bits per heavy atom. The zero-order chi connectivity index (χ0) is 10.8. The Bertz CT molecular complexity index is 444. The van der Waals surface area contributed by atoms with Crippen molar-refractivity contribution in [2.24, 2.45) is 5.92 Å². The molecular formula is C11H14N4O. The van der Waals surface area contributed by atoms with Crippen LogP contribution in [0.5, 0.6) is 0 Å². The first kappa shape index (κ1) is 9.45. The largest absolute Gasteiger partial charge is 0.472 e. The Morgan fingerprint density at radius 1 is 1.50 bits per heavy atom. The third-order valence-corrected chi connectivity index (χ3v) is 2.81. The van der Waals surface area contributed by atoms with Gasteiger partial charge in [0.2, 0.25) is 5.95 Å². The minimum absolute atomic E-state index is 0.664. The van der Waals surface area contributed by atoms with Crippen LogP contribution in [-0.4, -0.2) is 21.7 Å². The maximum atomic E-state index is 4.99. The predicted molar refractivity (Wildman–Crippen MR) is 59.9 cm³/mol. The highest BCUT2D eigenvalue weighted by molar-refractivity contribution is 5.53. The van der Waals surface area contributed by atoms with Gasteiger partial charge in [-0.1, -0.05) is 12.8 Å². The molecule has 0 saturated heterocycles. The van der Waals surface area contributed by atoms with Gasteiger partial charge in [0, 0.05) is 6.54 Å². The van der Waals surface area contributed by atoms with Gasteiger partial charge >= 0.3 is 0 Å². The number of anilines is 1. The van der Waals surface area contributed by atoms with Crippen molar-refractivity contribution in [3.8, 4) is 11.4 Å². The predicted octanol–water partition coefficient (Wildman–Crippen LogP) is 2.28. The SMILES string of the molecule is c1cc(-c2nc(NCCC3CC3)n[nH]2)co1. The first-order valence-corrected chi connectivity index (χ1v) is 5.60. The van der Waals surface area contributed by atoms with Gasteiger partial charge in [-0.2, -0.15) is 4.98 Å². The summed E-state index contributed by atoms with van der Waals surface area (Å²) in [5.41, 5.74) is 0.919. The molecular weight excluding hydrogens is 204 g/mol. The number of hydrogen-bond donors (Lipinski definition) is 2. The van der Waals surface area contributed by atoms with Crippen molar-refractivity contribution < 1.29 is 4.42 Å². The van der Waals surface area contributed by atoms with Crippen LogP contribution >= 0.6 is 0 Å². The summed E-state index contributed by atoms with van der Waals surface area (Å²) < 4.78 is 4.99. The van der Waals surface area contributed by atoms with E-state index in [1.165, 1.54) is 19.3 Å². The number of aromatic nitrogens is 3. The van der Waals surface area contributed by atoms with Crippen LogP contribution in [0.15, 0.2) is 23.0 Å². The molecule has 0 spiro atoms. The molecule has 5 nitrogen and oxygen atoms in total. The molecule has 0 unspecified atom stereocenters. The number of furan rings is 1. The maximum Gasteiger partial charge on any atom is 0.242 e. The molecule has 5 heteroatoms. The van der Waals surface area contributed by atoms with Crippen LogP contribution in [0.1, 0.15) is 19.3 Å². The molecule has 0 aliphatic heterocycles. The van der Waals surface area contributed by atoms with E-state index in [0.717, 1.165) is 23.9 Å². The summed E-state index contributed by atoms with van der Waals surface area (Å²) in [6.45, 7) is 0.952. The van der Waals surface area contributed by atoms with E-state index < -0.39 is 0 Å². The number of nitrogens with one attached hydrogen (secondary N) is 2. The standard InChI is InChI=1S/C11H14N4O/c1-2-8(1)3-5-12-11-13-10(14-15-11)9-4-6-16-7-9/h4,6-8H,1-3,5H2,(H2,12,13,14,15). The average Bonchev–Trinajstić information content (AvgIpc) is 2.83. The van der Waals surface area contributed by atoms with E-state index in [0.29, 0.717) is 5.95 Å². The second-order valence-corrected chi connectivity index (χ2v) is 4.18. The molecule has 0 amide bonds. The van der Waals surface area contributed by atoms with E-state index in [9.17, 15) is 0 Å². The van der Waals surface area contributed by atoms with Gasteiger partial charge in [-0.05, 0) is 18.4 Å². The van der Waals surface area contributed by atoms with Crippen LogP contribution < -0.4 is 5.32 Å². The van der Waals surface area contributed by atoms with E-state index in [1.54, 1.807) is 12.5 Å². The fraction of sp³-hybridized carbons (Fsp3) is 0.455. The van der Waals surface area contributed by atoms with Crippen molar-refractivity contribution in [2.45, 2.75) is 19.3 Å². The van der Waals surface area contributed by atoms with Crippen molar-refractivity contribution >= 4 is 5.95 Å². The minimum atomic E-state index is 0.664. The van der Waals surface area contributed by atoms with E-state index in [4.69, 9.17) is 4.42 Å². The van der Waals surface area contributed by atoms with Crippen LogP contribution in [0.4, 0.5) is 5.95 Å². The first-order valence-electron chi connectivity index (χ1n) is 5.60. The molecule has 1 aliphatic rings. The summed E-state index contributed by atoms with van der Waals surface area (Å²) in [6, 6.07) is 1.86. The Hall–Kier alpha value is -1.78. The molecule has 0 radical (unpaired) electrons. The van der Waals surface area contributed by atoms with E-state index in [-0.39, 0.29) is 0 Å². The highest BCUT2D eigenvalue weighted by Gasteiger charge is 2.20. The van der Waals surface area contributed by atoms with Crippen molar-refractivity contribution in [1.29, 1.82) is 0 Å². The fourth-order valence-electron chi connectivity index (χ4n) is 1.66.